The van der Waals surface area contributed by atoms with Crippen molar-refractivity contribution in [1.29, 1.82) is 0 Å². The van der Waals surface area contributed by atoms with Crippen LogP contribution in [0.2, 0.25) is 0 Å². The number of esters is 1. The SMILES string of the molecule is COC(=O)CSCCC(=O)N1CCN(S(=O)(=O)c2cc(C)sc2C)CC1. The molecule has 26 heavy (non-hydrogen) atoms. The fourth-order valence-corrected chi connectivity index (χ4v) is 6.41. The Morgan fingerprint density at radius 2 is 1.88 bits per heavy atom. The Kier molecular flexibility index (Phi) is 7.51. The number of thiophene rings is 1. The van der Waals surface area contributed by atoms with Crippen LogP contribution in [-0.2, 0) is 24.3 Å². The van der Waals surface area contributed by atoms with Gasteiger partial charge >= 0.3 is 5.97 Å². The lowest BCUT2D eigenvalue weighted by Crippen LogP contribution is -2.50. The van der Waals surface area contributed by atoms with Gasteiger partial charge < -0.3 is 9.64 Å². The van der Waals surface area contributed by atoms with Gasteiger partial charge in [0.1, 0.15) is 0 Å². The zero-order chi connectivity index (χ0) is 19.3. The summed E-state index contributed by atoms with van der Waals surface area (Å²) in [5.41, 5.74) is 0. The van der Waals surface area contributed by atoms with Gasteiger partial charge in [-0.15, -0.1) is 23.1 Å². The smallest absolute Gasteiger partial charge is 0.315 e. The van der Waals surface area contributed by atoms with Crippen molar-refractivity contribution >= 4 is 45.0 Å². The van der Waals surface area contributed by atoms with Crippen molar-refractivity contribution in [1.82, 2.24) is 9.21 Å². The van der Waals surface area contributed by atoms with Crippen molar-refractivity contribution in [3.63, 3.8) is 0 Å². The number of thioether (sulfide) groups is 1. The molecule has 0 aromatic carbocycles. The highest BCUT2D eigenvalue weighted by molar-refractivity contribution is 7.99. The molecule has 1 aromatic heterocycles. The first-order chi connectivity index (χ1) is 12.3. The molecule has 1 aliphatic rings. The minimum Gasteiger partial charge on any atom is -0.468 e. The molecular formula is C16H24N2O5S3. The molecule has 1 aromatic rings. The topological polar surface area (TPSA) is 84.0 Å². The number of nitrogens with zero attached hydrogens (tertiary/aromatic N) is 2. The number of aryl methyl sites for hydroxylation is 2. The average molecular weight is 421 g/mol. The molecule has 0 atom stereocenters. The highest BCUT2D eigenvalue weighted by Crippen LogP contribution is 2.28. The maximum atomic E-state index is 12.8. The maximum Gasteiger partial charge on any atom is 0.315 e. The minimum atomic E-state index is -3.50. The van der Waals surface area contributed by atoms with E-state index in [0.29, 0.717) is 43.2 Å². The normalized spacial score (nSPS) is 15.9. The van der Waals surface area contributed by atoms with E-state index in [-0.39, 0.29) is 17.6 Å². The van der Waals surface area contributed by atoms with Gasteiger partial charge in [0, 0.05) is 48.1 Å². The Morgan fingerprint density at radius 1 is 1.23 bits per heavy atom. The lowest BCUT2D eigenvalue weighted by atomic mass is 10.3. The predicted octanol–water partition coefficient (Wildman–Crippen LogP) is 1.49. The molecule has 0 bridgehead atoms. The number of carbonyl (C=O) groups excluding carboxylic acids is 2. The van der Waals surface area contributed by atoms with Crippen molar-refractivity contribution in [2.24, 2.45) is 0 Å². The number of hydrogen-bond acceptors (Lipinski definition) is 7. The van der Waals surface area contributed by atoms with E-state index in [4.69, 9.17) is 0 Å². The Bertz CT molecular complexity index is 752. The van der Waals surface area contributed by atoms with Gasteiger partial charge in [0.05, 0.1) is 17.8 Å². The van der Waals surface area contributed by atoms with E-state index in [0.717, 1.165) is 9.75 Å². The molecule has 10 heteroatoms. The van der Waals surface area contributed by atoms with Gasteiger partial charge in [-0.25, -0.2) is 8.42 Å². The first kappa shape index (κ1) is 21.2. The molecular weight excluding hydrogens is 396 g/mol. The largest absolute Gasteiger partial charge is 0.468 e. The summed E-state index contributed by atoms with van der Waals surface area (Å²) >= 11 is 2.83. The van der Waals surface area contributed by atoms with Crippen molar-refractivity contribution in [3.8, 4) is 0 Å². The molecule has 7 nitrogen and oxygen atoms in total. The standard InChI is InChI=1S/C16H24N2O5S3/c1-12-10-14(13(2)25-12)26(21,22)18-7-5-17(6-8-18)15(19)4-9-24-11-16(20)23-3/h10H,4-9,11H2,1-3H3. The molecule has 0 aliphatic carbocycles. The van der Waals surface area contributed by atoms with Crippen LogP contribution in [0.4, 0.5) is 0 Å². The molecule has 0 saturated carbocycles. The molecule has 2 heterocycles. The van der Waals surface area contributed by atoms with E-state index in [1.807, 2.05) is 13.8 Å². The number of rotatable bonds is 7. The summed E-state index contributed by atoms with van der Waals surface area (Å²) < 4.78 is 31.6. The first-order valence-electron chi connectivity index (χ1n) is 8.25. The zero-order valence-corrected chi connectivity index (χ0v) is 17.6. The second kappa shape index (κ2) is 9.20. The van der Waals surface area contributed by atoms with E-state index < -0.39 is 10.0 Å². The second-order valence-corrected chi connectivity index (χ2v) is 10.4. The van der Waals surface area contributed by atoms with E-state index in [1.165, 1.54) is 34.5 Å². The number of ether oxygens (including phenoxy) is 1. The quantitative estimate of drug-likeness (QED) is 0.491. The van der Waals surface area contributed by atoms with Crippen molar-refractivity contribution in [3.05, 3.63) is 15.8 Å². The van der Waals surface area contributed by atoms with Crippen LogP contribution in [0, 0.1) is 13.8 Å². The second-order valence-electron chi connectivity index (χ2n) is 5.94. The Hall–Kier alpha value is -1.10. The summed E-state index contributed by atoms with van der Waals surface area (Å²) in [5.74, 6) is 0.455. The zero-order valence-electron chi connectivity index (χ0n) is 15.2. The fourth-order valence-electron chi connectivity index (χ4n) is 2.71. The summed E-state index contributed by atoms with van der Waals surface area (Å²) in [7, 11) is -2.17. The molecule has 1 saturated heterocycles. The third-order valence-corrected chi connectivity index (χ3v) is 8.17. The summed E-state index contributed by atoms with van der Waals surface area (Å²) in [6.45, 7) is 5.10. The molecule has 0 spiro atoms. The molecule has 1 aliphatic heterocycles. The monoisotopic (exact) mass is 420 g/mol. The maximum absolute atomic E-state index is 12.8. The van der Waals surface area contributed by atoms with Crippen LogP contribution >= 0.6 is 23.1 Å². The van der Waals surface area contributed by atoms with Crippen LogP contribution < -0.4 is 0 Å². The van der Waals surface area contributed by atoms with E-state index in [1.54, 1.807) is 11.0 Å². The number of amides is 1. The number of sulfonamides is 1. The van der Waals surface area contributed by atoms with Gasteiger partial charge in [-0.2, -0.15) is 4.31 Å². The average Bonchev–Trinajstić information content (AvgIpc) is 2.97. The first-order valence-corrected chi connectivity index (χ1v) is 11.7. The van der Waals surface area contributed by atoms with E-state index in [2.05, 4.69) is 4.74 Å². The van der Waals surface area contributed by atoms with Gasteiger partial charge in [-0.3, -0.25) is 9.59 Å². The summed E-state index contributed by atoms with van der Waals surface area (Å²) in [5, 5.41) is 0. The number of piperazine rings is 1. The van der Waals surface area contributed by atoms with Gasteiger partial charge in [0.15, 0.2) is 0 Å². The van der Waals surface area contributed by atoms with Gasteiger partial charge in [0.2, 0.25) is 15.9 Å². The summed E-state index contributed by atoms with van der Waals surface area (Å²) in [6.07, 6.45) is 0.331. The molecule has 0 N–H and O–H groups in total. The lowest BCUT2D eigenvalue weighted by molar-refractivity contribution is -0.137. The van der Waals surface area contributed by atoms with E-state index >= 15 is 0 Å². The van der Waals surface area contributed by atoms with Gasteiger partial charge in [0.25, 0.3) is 0 Å². The highest BCUT2D eigenvalue weighted by atomic mass is 32.2. The van der Waals surface area contributed by atoms with Crippen molar-refractivity contribution in [2.75, 3.05) is 44.8 Å². The Labute approximate surface area is 162 Å². The van der Waals surface area contributed by atoms with Crippen LogP contribution in [0.25, 0.3) is 0 Å². The van der Waals surface area contributed by atoms with Crippen LogP contribution in [0.15, 0.2) is 11.0 Å². The van der Waals surface area contributed by atoms with Crippen LogP contribution in [-0.4, -0.2) is 74.3 Å². The summed E-state index contributed by atoms with van der Waals surface area (Å²) in [6, 6.07) is 1.71. The lowest BCUT2D eigenvalue weighted by Gasteiger charge is -2.34. The number of hydrogen-bond donors (Lipinski definition) is 0. The minimum absolute atomic E-state index is 0.0121. The Morgan fingerprint density at radius 3 is 2.42 bits per heavy atom. The third kappa shape index (κ3) is 5.21. The van der Waals surface area contributed by atoms with Crippen LogP contribution in [0.3, 0.4) is 0 Å². The van der Waals surface area contributed by atoms with Crippen molar-refractivity contribution in [2.45, 2.75) is 25.2 Å². The number of carbonyl (C=O) groups is 2. The summed E-state index contributed by atoms with van der Waals surface area (Å²) in [4.78, 5) is 27.1. The molecule has 0 unspecified atom stereocenters. The van der Waals surface area contributed by atoms with Gasteiger partial charge in [-0.05, 0) is 19.9 Å². The molecule has 2 rings (SSSR count). The van der Waals surface area contributed by atoms with Crippen LogP contribution in [0.1, 0.15) is 16.2 Å². The molecule has 0 radical (unpaired) electrons. The molecule has 1 amide bonds. The highest BCUT2D eigenvalue weighted by Gasteiger charge is 2.31. The Balaban J connectivity index is 1.84. The number of methoxy groups -OCH3 is 1. The van der Waals surface area contributed by atoms with E-state index in [9.17, 15) is 18.0 Å². The fraction of sp³-hybridized carbons (Fsp3) is 0.625. The molecule has 1 fully saturated rings. The molecule has 146 valence electrons. The van der Waals surface area contributed by atoms with Crippen LogP contribution in [0.5, 0.6) is 0 Å². The van der Waals surface area contributed by atoms with Gasteiger partial charge in [-0.1, -0.05) is 0 Å². The predicted molar refractivity (Wildman–Crippen MR) is 103 cm³/mol. The third-order valence-electron chi connectivity index (χ3n) is 4.11. The van der Waals surface area contributed by atoms with Crippen molar-refractivity contribution < 1.29 is 22.7 Å².